The average Bonchev–Trinajstić information content (AvgIpc) is 2.28. The summed E-state index contributed by atoms with van der Waals surface area (Å²) in [5.74, 6) is -1.10. The summed E-state index contributed by atoms with van der Waals surface area (Å²) >= 11 is 0. The molecule has 0 unspecified atom stereocenters. The Morgan fingerprint density at radius 1 is 1.53 bits per heavy atom. The maximum absolute atomic E-state index is 13.5. The summed E-state index contributed by atoms with van der Waals surface area (Å²) in [5.41, 5.74) is 0.632. The Morgan fingerprint density at radius 2 is 2.24 bits per heavy atom. The van der Waals surface area contributed by atoms with Gasteiger partial charge in [-0.3, -0.25) is 4.79 Å². The Labute approximate surface area is 99.6 Å². The van der Waals surface area contributed by atoms with E-state index in [0.717, 1.165) is 0 Å². The molecule has 0 aromatic heterocycles. The van der Waals surface area contributed by atoms with Gasteiger partial charge in [-0.2, -0.15) is 0 Å². The zero-order chi connectivity index (χ0) is 12.8. The molecule has 4 nitrogen and oxygen atoms in total. The van der Waals surface area contributed by atoms with Gasteiger partial charge in [-0.1, -0.05) is 0 Å². The maximum atomic E-state index is 13.5. The minimum Gasteiger partial charge on any atom is -0.491 e. The minimum absolute atomic E-state index is 0.0192. The fraction of sp³-hybridized carbons (Fsp3) is 0.417. The smallest absolute Gasteiger partial charge is 0.305 e. The summed E-state index contributed by atoms with van der Waals surface area (Å²) in [6.07, 6.45) is 0.0192. The van der Waals surface area contributed by atoms with E-state index in [0.29, 0.717) is 18.8 Å². The molecule has 5 heteroatoms. The molecule has 1 N–H and O–H groups in total. The summed E-state index contributed by atoms with van der Waals surface area (Å²) in [7, 11) is 1.72. The van der Waals surface area contributed by atoms with Gasteiger partial charge in [0.25, 0.3) is 0 Å². The van der Waals surface area contributed by atoms with Crippen LogP contribution in [0.1, 0.15) is 13.3 Å². The van der Waals surface area contributed by atoms with Crippen molar-refractivity contribution < 1.29 is 19.0 Å². The number of benzene rings is 1. The van der Waals surface area contributed by atoms with Crippen molar-refractivity contribution in [2.45, 2.75) is 13.3 Å². The number of ether oxygens (including phenoxy) is 1. The maximum Gasteiger partial charge on any atom is 0.305 e. The number of rotatable bonds is 6. The third-order valence-electron chi connectivity index (χ3n) is 2.32. The second-order valence-corrected chi connectivity index (χ2v) is 3.61. The zero-order valence-electron chi connectivity index (χ0n) is 9.94. The van der Waals surface area contributed by atoms with E-state index in [4.69, 9.17) is 9.84 Å². The molecule has 1 aromatic carbocycles. The molecule has 94 valence electrons. The average molecular weight is 241 g/mol. The van der Waals surface area contributed by atoms with Gasteiger partial charge < -0.3 is 14.7 Å². The van der Waals surface area contributed by atoms with Crippen molar-refractivity contribution in [1.82, 2.24) is 0 Å². The Balaban J connectivity index is 2.71. The summed E-state index contributed by atoms with van der Waals surface area (Å²) in [4.78, 5) is 12.1. The number of carboxylic acid groups (broad SMARTS) is 1. The van der Waals surface area contributed by atoms with Crippen molar-refractivity contribution in [1.29, 1.82) is 0 Å². The zero-order valence-corrected chi connectivity index (χ0v) is 9.94. The van der Waals surface area contributed by atoms with Gasteiger partial charge in [-0.05, 0) is 19.1 Å². The summed E-state index contributed by atoms with van der Waals surface area (Å²) in [6, 6.07) is 4.59. The summed E-state index contributed by atoms with van der Waals surface area (Å²) in [6.45, 7) is 2.53. The molecule has 0 bridgehead atoms. The van der Waals surface area contributed by atoms with Gasteiger partial charge in [0.1, 0.15) is 0 Å². The second-order valence-electron chi connectivity index (χ2n) is 3.61. The summed E-state index contributed by atoms with van der Waals surface area (Å²) in [5, 5.41) is 8.56. The van der Waals surface area contributed by atoms with E-state index in [-0.39, 0.29) is 12.2 Å². The predicted octanol–water partition coefficient (Wildman–Crippen LogP) is 2.14. The van der Waals surface area contributed by atoms with Crippen LogP contribution in [-0.4, -0.2) is 31.3 Å². The number of aliphatic carboxylic acids is 1. The van der Waals surface area contributed by atoms with Gasteiger partial charge in [0.05, 0.1) is 13.0 Å². The molecule has 0 amide bonds. The normalized spacial score (nSPS) is 10.1. The number of halogens is 1. The Kier molecular flexibility index (Phi) is 4.75. The van der Waals surface area contributed by atoms with E-state index in [9.17, 15) is 9.18 Å². The number of hydrogen-bond acceptors (Lipinski definition) is 3. The van der Waals surface area contributed by atoms with Crippen LogP contribution in [0.4, 0.5) is 10.1 Å². The van der Waals surface area contributed by atoms with Gasteiger partial charge in [-0.15, -0.1) is 0 Å². The number of carbonyl (C=O) groups is 1. The number of anilines is 1. The van der Waals surface area contributed by atoms with Gasteiger partial charge in [-0.25, -0.2) is 4.39 Å². The van der Waals surface area contributed by atoms with Crippen molar-refractivity contribution in [2.75, 3.05) is 25.1 Å². The fourth-order valence-corrected chi connectivity index (χ4v) is 1.39. The van der Waals surface area contributed by atoms with Crippen LogP contribution in [0.2, 0.25) is 0 Å². The van der Waals surface area contributed by atoms with Crippen molar-refractivity contribution in [3.05, 3.63) is 24.0 Å². The van der Waals surface area contributed by atoms with Gasteiger partial charge in [0.2, 0.25) is 0 Å². The molecule has 0 aliphatic carbocycles. The minimum atomic E-state index is -0.872. The Morgan fingerprint density at radius 3 is 2.76 bits per heavy atom. The molecule has 0 spiro atoms. The first-order chi connectivity index (χ1) is 8.04. The first-order valence-corrected chi connectivity index (χ1v) is 5.40. The van der Waals surface area contributed by atoms with E-state index < -0.39 is 11.8 Å². The van der Waals surface area contributed by atoms with Crippen molar-refractivity contribution in [3.8, 4) is 5.75 Å². The van der Waals surface area contributed by atoms with E-state index in [1.807, 2.05) is 0 Å². The molecular formula is C12H16FNO3. The van der Waals surface area contributed by atoms with Crippen molar-refractivity contribution in [3.63, 3.8) is 0 Å². The van der Waals surface area contributed by atoms with Gasteiger partial charge in [0, 0.05) is 25.3 Å². The fourth-order valence-electron chi connectivity index (χ4n) is 1.39. The van der Waals surface area contributed by atoms with Crippen LogP contribution in [0.25, 0.3) is 0 Å². The highest BCUT2D eigenvalue weighted by atomic mass is 19.1. The predicted molar refractivity (Wildman–Crippen MR) is 63.1 cm³/mol. The van der Waals surface area contributed by atoms with Crippen molar-refractivity contribution >= 4 is 11.7 Å². The lowest BCUT2D eigenvalue weighted by atomic mass is 10.2. The van der Waals surface area contributed by atoms with E-state index in [1.165, 1.54) is 6.07 Å². The Bertz CT molecular complexity index is 395. The SMILES string of the molecule is CCOc1ccc(N(C)CCC(=O)O)cc1F. The molecule has 1 rings (SSSR count). The highest BCUT2D eigenvalue weighted by Gasteiger charge is 2.08. The molecular weight excluding hydrogens is 225 g/mol. The lowest BCUT2D eigenvalue weighted by Crippen LogP contribution is -2.21. The molecule has 0 fully saturated rings. The summed E-state index contributed by atoms with van der Waals surface area (Å²) < 4.78 is 18.6. The molecule has 1 aromatic rings. The topological polar surface area (TPSA) is 49.8 Å². The molecule has 17 heavy (non-hydrogen) atoms. The van der Waals surface area contributed by atoms with Crippen LogP contribution in [0.3, 0.4) is 0 Å². The number of nitrogens with zero attached hydrogens (tertiary/aromatic N) is 1. The number of hydrogen-bond donors (Lipinski definition) is 1. The van der Waals surface area contributed by atoms with Gasteiger partial charge >= 0.3 is 5.97 Å². The highest BCUT2D eigenvalue weighted by Crippen LogP contribution is 2.23. The number of carboxylic acids is 1. The molecule has 0 aliphatic heterocycles. The molecule has 0 saturated carbocycles. The first kappa shape index (κ1) is 13.3. The molecule has 0 heterocycles. The first-order valence-electron chi connectivity index (χ1n) is 5.40. The quantitative estimate of drug-likeness (QED) is 0.829. The van der Waals surface area contributed by atoms with Crippen LogP contribution in [-0.2, 0) is 4.79 Å². The molecule has 0 radical (unpaired) electrons. The molecule has 0 atom stereocenters. The third-order valence-corrected chi connectivity index (χ3v) is 2.32. The lowest BCUT2D eigenvalue weighted by molar-refractivity contribution is -0.136. The van der Waals surface area contributed by atoms with Crippen LogP contribution >= 0.6 is 0 Å². The van der Waals surface area contributed by atoms with Crippen LogP contribution in [0, 0.1) is 5.82 Å². The third kappa shape index (κ3) is 3.94. The van der Waals surface area contributed by atoms with Crippen LogP contribution in [0.15, 0.2) is 18.2 Å². The standard InChI is InChI=1S/C12H16FNO3/c1-3-17-11-5-4-9(8-10(11)13)14(2)7-6-12(15)16/h4-5,8H,3,6-7H2,1-2H3,(H,15,16). The van der Waals surface area contributed by atoms with Crippen LogP contribution in [0.5, 0.6) is 5.75 Å². The molecule has 0 saturated heterocycles. The van der Waals surface area contributed by atoms with Crippen LogP contribution < -0.4 is 9.64 Å². The van der Waals surface area contributed by atoms with E-state index in [2.05, 4.69) is 0 Å². The van der Waals surface area contributed by atoms with E-state index >= 15 is 0 Å². The highest BCUT2D eigenvalue weighted by molar-refractivity contribution is 5.67. The largest absolute Gasteiger partial charge is 0.491 e. The molecule has 0 aliphatic rings. The lowest BCUT2D eigenvalue weighted by Gasteiger charge is -2.18. The monoisotopic (exact) mass is 241 g/mol. The van der Waals surface area contributed by atoms with Gasteiger partial charge in [0.15, 0.2) is 11.6 Å². The van der Waals surface area contributed by atoms with Crippen molar-refractivity contribution in [2.24, 2.45) is 0 Å². The second kappa shape index (κ2) is 6.08. The Hall–Kier alpha value is -1.78. The van der Waals surface area contributed by atoms with E-state index in [1.54, 1.807) is 31.0 Å².